The zero-order chi connectivity index (χ0) is 21.4. The van der Waals surface area contributed by atoms with Gasteiger partial charge in [-0.1, -0.05) is 48.0 Å². The molecule has 1 amide bonds. The van der Waals surface area contributed by atoms with Crippen molar-refractivity contribution in [2.24, 2.45) is 5.10 Å². The SMILES string of the molecule is Cc1ccc(C2=NN(C(=O)Cn3ncc4ccccc4c3=O)C(c3ccco3)C2)cc1. The van der Waals surface area contributed by atoms with Crippen molar-refractivity contribution < 1.29 is 9.21 Å². The molecule has 4 aromatic rings. The lowest BCUT2D eigenvalue weighted by atomic mass is 10.0. The molecule has 1 aliphatic rings. The van der Waals surface area contributed by atoms with Gasteiger partial charge in [-0.15, -0.1) is 0 Å². The molecule has 154 valence electrons. The van der Waals surface area contributed by atoms with Crippen LogP contribution in [0.5, 0.6) is 0 Å². The summed E-state index contributed by atoms with van der Waals surface area (Å²) in [5, 5.41) is 11.5. The van der Waals surface area contributed by atoms with Crippen molar-refractivity contribution in [1.29, 1.82) is 0 Å². The summed E-state index contributed by atoms with van der Waals surface area (Å²) >= 11 is 0. The van der Waals surface area contributed by atoms with Gasteiger partial charge in [0.25, 0.3) is 11.5 Å². The molecule has 0 aliphatic carbocycles. The summed E-state index contributed by atoms with van der Waals surface area (Å²) in [6.45, 7) is 1.82. The van der Waals surface area contributed by atoms with Gasteiger partial charge in [0.05, 0.1) is 23.6 Å². The van der Waals surface area contributed by atoms with E-state index in [1.165, 1.54) is 9.69 Å². The van der Waals surface area contributed by atoms with Gasteiger partial charge in [-0.25, -0.2) is 9.69 Å². The Bertz CT molecular complexity index is 1340. The first-order valence-electron chi connectivity index (χ1n) is 10.0. The lowest BCUT2D eigenvalue weighted by molar-refractivity contribution is -0.134. The van der Waals surface area contributed by atoms with E-state index in [0.717, 1.165) is 22.2 Å². The van der Waals surface area contributed by atoms with Crippen LogP contribution >= 0.6 is 0 Å². The van der Waals surface area contributed by atoms with Gasteiger partial charge < -0.3 is 4.42 Å². The van der Waals surface area contributed by atoms with Crippen LogP contribution in [0.4, 0.5) is 0 Å². The molecule has 0 bridgehead atoms. The van der Waals surface area contributed by atoms with Gasteiger partial charge in [0.1, 0.15) is 18.3 Å². The van der Waals surface area contributed by atoms with Crippen LogP contribution in [-0.4, -0.2) is 26.4 Å². The van der Waals surface area contributed by atoms with E-state index >= 15 is 0 Å². The van der Waals surface area contributed by atoms with Crippen molar-refractivity contribution in [3.8, 4) is 0 Å². The molecular weight excluding hydrogens is 392 g/mol. The largest absolute Gasteiger partial charge is 0.467 e. The molecule has 1 aliphatic heterocycles. The van der Waals surface area contributed by atoms with Gasteiger partial charge in [-0.05, 0) is 30.7 Å². The Hall–Kier alpha value is -4.00. The predicted octanol–water partition coefficient (Wildman–Crippen LogP) is 3.68. The Labute approximate surface area is 178 Å². The Morgan fingerprint density at radius 3 is 2.68 bits per heavy atom. The van der Waals surface area contributed by atoms with Crippen molar-refractivity contribution in [2.45, 2.75) is 25.9 Å². The maximum absolute atomic E-state index is 13.2. The fourth-order valence-corrected chi connectivity index (χ4v) is 3.80. The minimum atomic E-state index is -0.366. The number of hydrogen-bond donors (Lipinski definition) is 0. The summed E-state index contributed by atoms with van der Waals surface area (Å²) < 4.78 is 6.77. The normalized spacial score (nSPS) is 16.0. The van der Waals surface area contributed by atoms with E-state index in [0.29, 0.717) is 17.6 Å². The molecule has 2 aromatic heterocycles. The Kier molecular flexibility index (Phi) is 4.71. The van der Waals surface area contributed by atoms with E-state index in [1.54, 1.807) is 30.7 Å². The average molecular weight is 412 g/mol. The highest BCUT2D eigenvalue weighted by Gasteiger charge is 2.35. The molecule has 2 aromatic carbocycles. The Balaban J connectivity index is 1.48. The van der Waals surface area contributed by atoms with Crippen molar-refractivity contribution in [3.05, 3.63) is 100 Å². The highest BCUT2D eigenvalue weighted by molar-refractivity contribution is 6.03. The second-order valence-corrected chi connectivity index (χ2v) is 7.58. The summed E-state index contributed by atoms with van der Waals surface area (Å²) in [6, 6.07) is 18.5. The molecule has 0 N–H and O–H groups in total. The van der Waals surface area contributed by atoms with Gasteiger partial charge in [0, 0.05) is 11.8 Å². The molecule has 0 radical (unpaired) electrons. The molecule has 7 nitrogen and oxygen atoms in total. The van der Waals surface area contributed by atoms with Crippen LogP contribution in [-0.2, 0) is 11.3 Å². The molecule has 7 heteroatoms. The molecule has 31 heavy (non-hydrogen) atoms. The smallest absolute Gasteiger partial charge is 0.275 e. The lowest BCUT2D eigenvalue weighted by Gasteiger charge is -2.20. The summed E-state index contributed by atoms with van der Waals surface area (Å²) in [5.41, 5.74) is 2.61. The zero-order valence-corrected chi connectivity index (χ0v) is 16.9. The van der Waals surface area contributed by atoms with Crippen LogP contribution in [0.25, 0.3) is 10.8 Å². The average Bonchev–Trinajstić information content (AvgIpc) is 3.46. The maximum Gasteiger partial charge on any atom is 0.275 e. The molecule has 0 saturated carbocycles. The number of nitrogens with zero attached hydrogens (tertiary/aromatic N) is 4. The van der Waals surface area contributed by atoms with E-state index < -0.39 is 0 Å². The van der Waals surface area contributed by atoms with Crippen molar-refractivity contribution in [2.75, 3.05) is 0 Å². The molecule has 1 unspecified atom stereocenters. The van der Waals surface area contributed by atoms with Gasteiger partial charge in [-0.3, -0.25) is 9.59 Å². The van der Waals surface area contributed by atoms with E-state index in [1.807, 2.05) is 49.4 Å². The molecule has 0 saturated heterocycles. The van der Waals surface area contributed by atoms with Gasteiger partial charge in [0.15, 0.2) is 0 Å². The third-order valence-corrected chi connectivity index (χ3v) is 5.47. The summed E-state index contributed by atoms with van der Waals surface area (Å²) in [7, 11) is 0. The quantitative estimate of drug-likeness (QED) is 0.512. The molecule has 5 rings (SSSR count). The Morgan fingerprint density at radius 2 is 1.90 bits per heavy atom. The topological polar surface area (TPSA) is 80.7 Å². The maximum atomic E-state index is 13.2. The van der Waals surface area contributed by atoms with Crippen LogP contribution in [0.1, 0.15) is 29.3 Å². The van der Waals surface area contributed by atoms with Crippen LogP contribution < -0.4 is 5.56 Å². The first-order valence-corrected chi connectivity index (χ1v) is 10.0. The highest BCUT2D eigenvalue weighted by atomic mass is 16.3. The van der Waals surface area contributed by atoms with Crippen molar-refractivity contribution >= 4 is 22.4 Å². The number of carbonyl (C=O) groups excluding carboxylic acids is 1. The number of hydrogen-bond acceptors (Lipinski definition) is 5. The number of carbonyl (C=O) groups is 1. The molecular formula is C24H20N4O3. The molecule has 3 heterocycles. The number of rotatable bonds is 4. The summed E-state index contributed by atoms with van der Waals surface area (Å²) in [6.07, 6.45) is 3.71. The first-order chi connectivity index (χ1) is 15.1. The van der Waals surface area contributed by atoms with E-state index in [9.17, 15) is 9.59 Å². The van der Waals surface area contributed by atoms with Crippen LogP contribution in [0, 0.1) is 6.92 Å². The van der Waals surface area contributed by atoms with E-state index in [4.69, 9.17) is 4.42 Å². The van der Waals surface area contributed by atoms with Gasteiger partial charge in [-0.2, -0.15) is 10.2 Å². The van der Waals surface area contributed by atoms with Crippen molar-refractivity contribution in [1.82, 2.24) is 14.8 Å². The van der Waals surface area contributed by atoms with Gasteiger partial charge in [0.2, 0.25) is 0 Å². The molecule has 0 spiro atoms. The number of benzene rings is 2. The van der Waals surface area contributed by atoms with Crippen LogP contribution in [0.2, 0.25) is 0 Å². The minimum absolute atomic E-state index is 0.203. The van der Waals surface area contributed by atoms with E-state index in [2.05, 4.69) is 10.2 Å². The van der Waals surface area contributed by atoms with Gasteiger partial charge >= 0.3 is 0 Å². The number of furan rings is 1. The fraction of sp³-hybridized carbons (Fsp3) is 0.167. The first kappa shape index (κ1) is 19.0. The molecule has 1 atom stereocenters. The van der Waals surface area contributed by atoms with Crippen molar-refractivity contribution in [3.63, 3.8) is 0 Å². The number of aryl methyl sites for hydroxylation is 1. The van der Waals surface area contributed by atoms with Crippen LogP contribution in [0.15, 0.2) is 87.4 Å². The standard InChI is InChI=1S/C24H20N4O3/c1-16-8-10-17(11-9-16)20-13-21(22-7-4-12-31-22)28(26-20)23(29)15-27-24(30)19-6-3-2-5-18(19)14-25-27/h2-12,14,21H,13,15H2,1H3. The lowest BCUT2D eigenvalue weighted by Crippen LogP contribution is -2.34. The second-order valence-electron chi connectivity index (χ2n) is 7.58. The van der Waals surface area contributed by atoms with Crippen LogP contribution in [0.3, 0.4) is 0 Å². The fourth-order valence-electron chi connectivity index (χ4n) is 3.80. The minimum Gasteiger partial charge on any atom is -0.467 e. The monoisotopic (exact) mass is 412 g/mol. The third kappa shape index (κ3) is 3.54. The number of fused-ring (bicyclic) bond motifs is 1. The number of hydrazone groups is 1. The third-order valence-electron chi connectivity index (χ3n) is 5.47. The predicted molar refractivity (Wildman–Crippen MR) is 117 cm³/mol. The van der Waals surface area contributed by atoms with E-state index in [-0.39, 0.29) is 24.1 Å². The second kappa shape index (κ2) is 7.68. The summed E-state index contributed by atoms with van der Waals surface area (Å²) in [4.78, 5) is 26.0. The zero-order valence-electron chi connectivity index (χ0n) is 16.9. The highest BCUT2D eigenvalue weighted by Crippen LogP contribution is 2.33. The number of amides is 1. The Morgan fingerprint density at radius 1 is 1.10 bits per heavy atom. The molecule has 0 fully saturated rings. The number of aromatic nitrogens is 2. The summed E-state index contributed by atoms with van der Waals surface area (Å²) in [5.74, 6) is 0.325.